The zero-order valence-corrected chi connectivity index (χ0v) is 10.3. The van der Waals surface area contributed by atoms with E-state index in [1.807, 2.05) is 0 Å². The van der Waals surface area contributed by atoms with E-state index in [1.54, 1.807) is 0 Å². The fraction of sp³-hybridized carbons (Fsp3) is 0.917. The highest BCUT2D eigenvalue weighted by molar-refractivity contribution is 6.17. The van der Waals surface area contributed by atoms with Crippen LogP contribution in [-0.4, -0.2) is 11.7 Å². The molecule has 1 unspecified atom stereocenters. The lowest BCUT2D eigenvalue weighted by Crippen LogP contribution is -2.08. The second-order valence-corrected chi connectivity index (χ2v) is 4.33. The first kappa shape index (κ1) is 14.0. The molecule has 0 aromatic carbocycles. The van der Waals surface area contributed by atoms with Crippen LogP contribution in [0.2, 0.25) is 0 Å². The lowest BCUT2D eigenvalue weighted by atomic mass is 9.93. The van der Waals surface area contributed by atoms with Gasteiger partial charge in [0.1, 0.15) is 5.78 Å². The Morgan fingerprint density at radius 1 is 1.29 bits per heavy atom. The lowest BCUT2D eigenvalue weighted by Gasteiger charge is -2.12. The van der Waals surface area contributed by atoms with Crippen LogP contribution < -0.4 is 0 Å². The third-order valence-electron chi connectivity index (χ3n) is 2.65. The molecule has 0 aromatic heterocycles. The molecule has 0 fully saturated rings. The average Bonchev–Trinajstić information content (AvgIpc) is 2.21. The van der Waals surface area contributed by atoms with Gasteiger partial charge in [-0.1, -0.05) is 39.5 Å². The van der Waals surface area contributed by atoms with E-state index in [1.165, 1.54) is 19.3 Å². The minimum Gasteiger partial charge on any atom is -0.300 e. The summed E-state index contributed by atoms with van der Waals surface area (Å²) in [4.78, 5) is 11.5. The van der Waals surface area contributed by atoms with E-state index in [0.717, 1.165) is 19.3 Å². The molecule has 1 atom stereocenters. The smallest absolute Gasteiger partial charge is 0.133 e. The van der Waals surface area contributed by atoms with Crippen LogP contribution in [0.1, 0.15) is 58.8 Å². The maximum absolute atomic E-state index is 11.5. The number of hydrogen-bond acceptors (Lipinski definition) is 1. The van der Waals surface area contributed by atoms with Crippen molar-refractivity contribution in [2.45, 2.75) is 58.8 Å². The number of ketones is 1. The van der Waals surface area contributed by atoms with Crippen molar-refractivity contribution in [3.63, 3.8) is 0 Å². The quantitative estimate of drug-likeness (QED) is 0.531. The Bertz CT molecular complexity index is 145. The van der Waals surface area contributed by atoms with Crippen molar-refractivity contribution in [1.82, 2.24) is 0 Å². The minimum atomic E-state index is 0.397. The molecule has 0 N–H and O–H groups in total. The normalized spacial score (nSPS) is 12.8. The summed E-state index contributed by atoms with van der Waals surface area (Å²) in [5.74, 6) is 1.61. The first-order chi connectivity index (χ1) is 6.74. The second kappa shape index (κ2) is 9.51. The molecule has 0 aliphatic heterocycles. The molecule has 0 aliphatic carbocycles. The van der Waals surface area contributed by atoms with Gasteiger partial charge < -0.3 is 0 Å². The van der Waals surface area contributed by atoms with Gasteiger partial charge in [-0.25, -0.2) is 0 Å². The number of unbranched alkanes of at least 4 members (excludes halogenated alkanes) is 1. The van der Waals surface area contributed by atoms with Crippen LogP contribution in [0.4, 0.5) is 0 Å². The van der Waals surface area contributed by atoms with Gasteiger partial charge >= 0.3 is 0 Å². The SMILES string of the molecule is CCCCC(CC)CC(=O)CCCCl. The Balaban J connectivity index is 3.62. The topological polar surface area (TPSA) is 17.1 Å². The Morgan fingerprint density at radius 3 is 2.50 bits per heavy atom. The van der Waals surface area contributed by atoms with Gasteiger partial charge in [-0.3, -0.25) is 4.79 Å². The molecule has 1 nitrogen and oxygen atoms in total. The van der Waals surface area contributed by atoms with Crippen molar-refractivity contribution >= 4 is 17.4 Å². The molecule has 14 heavy (non-hydrogen) atoms. The molecule has 0 spiro atoms. The molecule has 84 valence electrons. The van der Waals surface area contributed by atoms with E-state index in [2.05, 4.69) is 13.8 Å². The van der Waals surface area contributed by atoms with Crippen molar-refractivity contribution in [2.24, 2.45) is 5.92 Å². The molecule has 0 rings (SSSR count). The standard InChI is InChI=1S/C12H23ClO/c1-3-5-7-11(4-2)10-12(14)8-6-9-13/h11H,3-10H2,1-2H3. The predicted molar refractivity (Wildman–Crippen MR) is 62.9 cm³/mol. The van der Waals surface area contributed by atoms with Crippen LogP contribution in [0.25, 0.3) is 0 Å². The third kappa shape index (κ3) is 7.37. The maximum Gasteiger partial charge on any atom is 0.133 e. The molecule has 2 heteroatoms. The number of Topliss-reactive ketones (excluding diaryl/α,β-unsaturated/α-hetero) is 1. The Hall–Kier alpha value is -0.0400. The van der Waals surface area contributed by atoms with E-state index in [-0.39, 0.29) is 0 Å². The highest BCUT2D eigenvalue weighted by Crippen LogP contribution is 2.18. The van der Waals surface area contributed by atoms with Gasteiger partial charge in [-0.15, -0.1) is 11.6 Å². The molecule has 0 aliphatic rings. The molecule has 0 radical (unpaired) electrons. The zero-order chi connectivity index (χ0) is 10.8. The van der Waals surface area contributed by atoms with E-state index in [0.29, 0.717) is 24.0 Å². The van der Waals surface area contributed by atoms with E-state index >= 15 is 0 Å². The summed E-state index contributed by atoms with van der Waals surface area (Å²) in [7, 11) is 0. The van der Waals surface area contributed by atoms with Gasteiger partial charge in [0.2, 0.25) is 0 Å². The number of alkyl halides is 1. The molecular weight excluding hydrogens is 196 g/mol. The van der Waals surface area contributed by atoms with E-state index in [4.69, 9.17) is 11.6 Å². The maximum atomic E-state index is 11.5. The number of halogens is 1. The third-order valence-corrected chi connectivity index (χ3v) is 2.92. The van der Waals surface area contributed by atoms with Crippen LogP contribution in [0.15, 0.2) is 0 Å². The fourth-order valence-electron chi connectivity index (χ4n) is 1.63. The molecular formula is C12H23ClO. The van der Waals surface area contributed by atoms with Gasteiger partial charge in [-0.2, -0.15) is 0 Å². The average molecular weight is 219 g/mol. The summed E-state index contributed by atoms with van der Waals surface area (Å²) in [5, 5.41) is 0. The van der Waals surface area contributed by atoms with Crippen LogP contribution in [0.3, 0.4) is 0 Å². The van der Waals surface area contributed by atoms with Crippen molar-refractivity contribution in [1.29, 1.82) is 0 Å². The van der Waals surface area contributed by atoms with Crippen LogP contribution in [0, 0.1) is 5.92 Å². The molecule has 0 heterocycles. The van der Waals surface area contributed by atoms with Gasteiger partial charge in [0.25, 0.3) is 0 Å². The minimum absolute atomic E-state index is 0.397. The molecule has 0 amide bonds. The summed E-state index contributed by atoms with van der Waals surface area (Å²) in [6.45, 7) is 4.37. The summed E-state index contributed by atoms with van der Waals surface area (Å²) < 4.78 is 0. The highest BCUT2D eigenvalue weighted by atomic mass is 35.5. The van der Waals surface area contributed by atoms with Crippen molar-refractivity contribution in [2.75, 3.05) is 5.88 Å². The molecule has 0 saturated carbocycles. The monoisotopic (exact) mass is 218 g/mol. The van der Waals surface area contributed by atoms with E-state index < -0.39 is 0 Å². The number of rotatable bonds is 9. The van der Waals surface area contributed by atoms with Crippen molar-refractivity contribution in [3.8, 4) is 0 Å². The Morgan fingerprint density at radius 2 is 2.00 bits per heavy atom. The predicted octanol–water partition coefficient (Wildman–Crippen LogP) is 4.18. The molecule has 0 bridgehead atoms. The van der Waals surface area contributed by atoms with Gasteiger partial charge in [-0.05, 0) is 12.3 Å². The first-order valence-corrected chi connectivity index (χ1v) is 6.35. The summed E-state index contributed by atoms with van der Waals surface area (Å²) in [5.41, 5.74) is 0. The zero-order valence-electron chi connectivity index (χ0n) is 9.52. The van der Waals surface area contributed by atoms with Gasteiger partial charge in [0.05, 0.1) is 0 Å². The van der Waals surface area contributed by atoms with Gasteiger partial charge in [0.15, 0.2) is 0 Å². The highest BCUT2D eigenvalue weighted by Gasteiger charge is 2.10. The van der Waals surface area contributed by atoms with E-state index in [9.17, 15) is 4.79 Å². The van der Waals surface area contributed by atoms with Crippen molar-refractivity contribution < 1.29 is 4.79 Å². The summed E-state index contributed by atoms with van der Waals surface area (Å²) >= 11 is 5.55. The van der Waals surface area contributed by atoms with Crippen LogP contribution in [0.5, 0.6) is 0 Å². The number of carbonyl (C=O) groups is 1. The molecule has 0 aromatic rings. The largest absolute Gasteiger partial charge is 0.300 e. The second-order valence-electron chi connectivity index (χ2n) is 3.95. The fourth-order valence-corrected chi connectivity index (χ4v) is 1.76. The van der Waals surface area contributed by atoms with Gasteiger partial charge in [0, 0.05) is 18.7 Å². The first-order valence-electron chi connectivity index (χ1n) is 5.82. The summed E-state index contributed by atoms with van der Waals surface area (Å²) in [6.07, 6.45) is 7.10. The Labute approximate surface area is 93.2 Å². The van der Waals surface area contributed by atoms with Crippen LogP contribution in [-0.2, 0) is 4.79 Å². The Kier molecular flexibility index (Phi) is 9.49. The summed E-state index contributed by atoms with van der Waals surface area (Å²) in [6, 6.07) is 0. The number of hydrogen-bond donors (Lipinski definition) is 0. The van der Waals surface area contributed by atoms with Crippen molar-refractivity contribution in [3.05, 3.63) is 0 Å². The number of carbonyl (C=O) groups excluding carboxylic acids is 1. The molecule has 0 saturated heterocycles. The lowest BCUT2D eigenvalue weighted by molar-refractivity contribution is -0.120. The van der Waals surface area contributed by atoms with Crippen LogP contribution >= 0.6 is 11.6 Å².